The van der Waals surface area contributed by atoms with Crippen molar-refractivity contribution in [3.63, 3.8) is 0 Å². The molecule has 0 aliphatic carbocycles. The van der Waals surface area contributed by atoms with Crippen LogP contribution in [-0.2, 0) is 0 Å². The number of para-hydroxylation sites is 2. The summed E-state index contributed by atoms with van der Waals surface area (Å²) in [6.07, 6.45) is 0. The van der Waals surface area contributed by atoms with Crippen LogP contribution in [0.4, 0.5) is 34.1 Å². The van der Waals surface area contributed by atoms with E-state index in [0.29, 0.717) is 0 Å². The predicted molar refractivity (Wildman–Crippen MR) is 322 cm³/mol. The monoisotopic (exact) mass is 998 g/mol. The first kappa shape index (κ1) is 45.2. The predicted octanol–water partition coefficient (Wildman–Crippen LogP) is 21.5. The maximum Gasteiger partial charge on any atom is 0.142 e. The second-order valence-electron chi connectivity index (χ2n) is 21.8. The molecule has 15 aromatic rings. The largest absolute Gasteiger partial charge is 0.456 e. The lowest BCUT2D eigenvalue weighted by Gasteiger charge is -2.27. The molecule has 0 radical (unpaired) electrons. The van der Waals surface area contributed by atoms with Gasteiger partial charge in [-0.3, -0.25) is 0 Å². The molecule has 0 spiro atoms. The van der Waals surface area contributed by atoms with Gasteiger partial charge in [0.25, 0.3) is 0 Å². The van der Waals surface area contributed by atoms with Gasteiger partial charge in [0.1, 0.15) is 44.7 Å². The summed E-state index contributed by atoms with van der Waals surface area (Å²) in [6.45, 7) is 17.7. The highest BCUT2D eigenvalue weighted by molar-refractivity contribution is 6.20. The molecule has 0 aliphatic rings. The first-order valence-corrected chi connectivity index (χ1v) is 26.7. The summed E-state index contributed by atoms with van der Waals surface area (Å²) in [6, 6.07) is 63.8. The number of benzene rings is 11. The van der Waals surface area contributed by atoms with Gasteiger partial charge in [0.2, 0.25) is 0 Å². The van der Waals surface area contributed by atoms with Gasteiger partial charge < -0.3 is 27.5 Å². The summed E-state index contributed by atoms with van der Waals surface area (Å²) in [7, 11) is 0. The van der Waals surface area contributed by atoms with Crippen LogP contribution in [-0.4, -0.2) is 0 Å². The highest BCUT2D eigenvalue weighted by atomic mass is 16.3. The van der Waals surface area contributed by atoms with E-state index in [-0.39, 0.29) is 5.92 Å². The van der Waals surface area contributed by atoms with Gasteiger partial charge in [-0.05, 0) is 230 Å². The minimum Gasteiger partial charge on any atom is -0.456 e. The van der Waals surface area contributed by atoms with Gasteiger partial charge in [0, 0.05) is 82.8 Å². The molecule has 0 atom stereocenters. The van der Waals surface area contributed by atoms with E-state index < -0.39 is 0 Å². The highest BCUT2D eigenvalue weighted by Crippen LogP contribution is 2.47. The van der Waals surface area contributed by atoms with E-state index in [0.717, 1.165) is 149 Å². The first-order chi connectivity index (χ1) is 37.4. The maximum absolute atomic E-state index is 7.03. The summed E-state index contributed by atoms with van der Waals surface area (Å²) in [5.41, 5.74) is 22.2. The lowest BCUT2D eigenvalue weighted by atomic mass is 9.95. The molecule has 6 heteroatoms. The van der Waals surface area contributed by atoms with E-state index in [9.17, 15) is 0 Å². The summed E-state index contributed by atoms with van der Waals surface area (Å²) < 4.78 is 26.6. The Hall–Kier alpha value is -9.26. The van der Waals surface area contributed by atoms with Crippen molar-refractivity contribution in [3.8, 4) is 0 Å². The zero-order valence-corrected chi connectivity index (χ0v) is 44.3. The molecule has 0 N–H and O–H groups in total. The normalized spacial score (nSPS) is 12.3. The number of nitrogens with zero attached hydrogens (tertiary/aromatic N) is 2. The molecule has 0 amide bonds. The summed E-state index contributed by atoms with van der Waals surface area (Å²) in [4.78, 5) is 4.74. The molecule has 6 nitrogen and oxygen atoms in total. The van der Waals surface area contributed by atoms with Gasteiger partial charge in [-0.15, -0.1) is 0 Å². The molecule has 0 saturated carbocycles. The molecule has 0 aliphatic heterocycles. The van der Waals surface area contributed by atoms with Gasteiger partial charge in [0.05, 0.1) is 0 Å². The highest BCUT2D eigenvalue weighted by Gasteiger charge is 2.25. The van der Waals surface area contributed by atoms with Crippen molar-refractivity contribution in [2.75, 3.05) is 9.80 Å². The van der Waals surface area contributed by atoms with Crippen molar-refractivity contribution >= 4 is 143 Å². The minimum atomic E-state index is 0.128. The third-order valence-corrected chi connectivity index (χ3v) is 16.8. The molecular weight excluding hydrogens is 945 g/mol. The summed E-state index contributed by atoms with van der Waals surface area (Å²) in [5, 5.41) is 13.2. The number of rotatable bonds is 7. The first-order valence-electron chi connectivity index (χ1n) is 26.7. The Balaban J connectivity index is 0.861. The molecule has 0 unspecified atom stereocenters. The molecule has 0 fully saturated rings. The van der Waals surface area contributed by atoms with Crippen molar-refractivity contribution in [2.24, 2.45) is 0 Å². The standard InChI is InChI=1S/C71H54N2O4/c1-38(2)69-70-61(57-31-45-17-19-49(29-47(45)33-67(57)76-70)72(53-25-39(3)43(7)40(4)26-53)51-21-23-65-59(35-51)55-13-9-11-15-63(55)74-65)37-62-58-32-46-18-20-50(30-48(46)34-68(58)77-71(62)69)73(54-27-41(5)44(8)42(6)28-54)52-22-24-66-60(36-52)56-14-10-12-16-64(56)75-66/h9-38H,1-8H3. The number of hydrogen-bond acceptors (Lipinski definition) is 6. The summed E-state index contributed by atoms with van der Waals surface area (Å²) >= 11 is 0. The van der Waals surface area contributed by atoms with Crippen molar-refractivity contribution in [2.45, 2.75) is 61.3 Å². The fraction of sp³-hybridized carbons (Fsp3) is 0.127. The van der Waals surface area contributed by atoms with Crippen molar-refractivity contribution in [1.82, 2.24) is 0 Å². The zero-order chi connectivity index (χ0) is 52.1. The molecule has 372 valence electrons. The average Bonchev–Trinajstić information content (AvgIpc) is 4.24. The number of fused-ring (bicyclic) bond motifs is 14. The minimum absolute atomic E-state index is 0.128. The maximum atomic E-state index is 7.03. The van der Waals surface area contributed by atoms with E-state index in [2.05, 4.69) is 217 Å². The van der Waals surface area contributed by atoms with Gasteiger partial charge in [-0.1, -0.05) is 62.4 Å². The molecular formula is C71H54N2O4. The van der Waals surface area contributed by atoms with Crippen LogP contribution < -0.4 is 9.80 Å². The molecule has 11 aromatic carbocycles. The second-order valence-corrected chi connectivity index (χ2v) is 21.8. The van der Waals surface area contributed by atoms with Crippen LogP contribution in [0.3, 0.4) is 0 Å². The Morgan fingerprint density at radius 2 is 0.662 bits per heavy atom. The van der Waals surface area contributed by atoms with Gasteiger partial charge >= 0.3 is 0 Å². The van der Waals surface area contributed by atoms with E-state index >= 15 is 0 Å². The molecule has 4 aromatic heterocycles. The number of furan rings is 4. The van der Waals surface area contributed by atoms with Crippen molar-refractivity contribution < 1.29 is 17.7 Å². The molecule has 0 bridgehead atoms. The Morgan fingerprint density at radius 1 is 0.286 bits per heavy atom. The quantitative estimate of drug-likeness (QED) is 0.159. The van der Waals surface area contributed by atoms with Gasteiger partial charge in [-0.2, -0.15) is 0 Å². The molecule has 0 saturated heterocycles. The van der Waals surface area contributed by atoms with E-state index in [4.69, 9.17) is 17.7 Å². The average molecular weight is 999 g/mol. The van der Waals surface area contributed by atoms with Crippen LogP contribution in [0, 0.1) is 41.5 Å². The van der Waals surface area contributed by atoms with Crippen molar-refractivity contribution in [3.05, 3.63) is 215 Å². The smallest absolute Gasteiger partial charge is 0.142 e. The third kappa shape index (κ3) is 6.94. The van der Waals surface area contributed by atoms with Gasteiger partial charge in [0.15, 0.2) is 0 Å². The van der Waals surface area contributed by atoms with Crippen LogP contribution in [0.5, 0.6) is 0 Å². The number of aryl methyl sites for hydroxylation is 4. The van der Waals surface area contributed by atoms with Crippen LogP contribution in [0.1, 0.15) is 58.7 Å². The zero-order valence-electron chi connectivity index (χ0n) is 44.3. The topological polar surface area (TPSA) is 59.0 Å². The fourth-order valence-corrected chi connectivity index (χ4v) is 12.3. The lowest BCUT2D eigenvalue weighted by molar-refractivity contribution is 0.638. The van der Waals surface area contributed by atoms with Crippen LogP contribution in [0.25, 0.3) is 109 Å². The van der Waals surface area contributed by atoms with Crippen LogP contribution >= 0.6 is 0 Å². The summed E-state index contributed by atoms with van der Waals surface area (Å²) in [5.74, 6) is 0.128. The molecule has 15 rings (SSSR count). The van der Waals surface area contributed by atoms with Crippen LogP contribution in [0.15, 0.2) is 194 Å². The Bertz CT molecular complexity index is 4650. The van der Waals surface area contributed by atoms with E-state index in [1.54, 1.807) is 0 Å². The SMILES string of the molecule is Cc1cc(N(c2ccc3cc4c(cc3c2)oc2c(C(C)C)c3oc5cc6cc(N(c7cc(C)c(C)c(C)c7)c7ccc8oc9ccccc9c8c7)ccc6cc5c3cc24)c2ccc3oc4ccccc4c3c2)cc(C)c1C. The molecule has 77 heavy (non-hydrogen) atoms. The second kappa shape index (κ2) is 16.6. The lowest BCUT2D eigenvalue weighted by Crippen LogP contribution is -2.11. The van der Waals surface area contributed by atoms with Gasteiger partial charge in [-0.25, -0.2) is 0 Å². The fourth-order valence-electron chi connectivity index (χ4n) is 12.3. The Kier molecular flexibility index (Phi) is 9.75. The van der Waals surface area contributed by atoms with Crippen molar-refractivity contribution in [1.29, 1.82) is 0 Å². The number of hydrogen-bond donors (Lipinski definition) is 0. The van der Waals surface area contributed by atoms with E-state index in [1.165, 1.54) is 33.4 Å². The van der Waals surface area contributed by atoms with Crippen LogP contribution in [0.2, 0.25) is 0 Å². The Labute approximate surface area is 444 Å². The molecule has 4 heterocycles. The number of anilines is 6. The Morgan fingerprint density at radius 3 is 1.09 bits per heavy atom. The third-order valence-electron chi connectivity index (χ3n) is 16.8. The van der Waals surface area contributed by atoms with E-state index in [1.807, 2.05) is 24.3 Å².